The number of ether oxygens (including phenoxy) is 2. The highest BCUT2D eigenvalue weighted by atomic mass is 35.5. The van der Waals surface area contributed by atoms with Crippen molar-refractivity contribution < 1.29 is 17.9 Å². The Morgan fingerprint density at radius 3 is 2.79 bits per heavy atom. The lowest BCUT2D eigenvalue weighted by molar-refractivity contribution is 0.0393. The van der Waals surface area contributed by atoms with Crippen LogP contribution >= 0.6 is 11.6 Å². The number of nitrogens with zero attached hydrogens (tertiary/aromatic N) is 1. The van der Waals surface area contributed by atoms with Crippen LogP contribution < -0.4 is 4.74 Å². The molecule has 0 spiro atoms. The predicted molar refractivity (Wildman–Crippen MR) is 72.2 cm³/mol. The van der Waals surface area contributed by atoms with Gasteiger partial charge in [0.2, 0.25) is 10.0 Å². The Morgan fingerprint density at radius 1 is 1.47 bits per heavy atom. The summed E-state index contributed by atoms with van der Waals surface area (Å²) in [6, 6.07) is 4.29. The maximum atomic E-state index is 12.5. The van der Waals surface area contributed by atoms with Gasteiger partial charge in [0.25, 0.3) is 0 Å². The molecular weight excluding hydrogens is 290 g/mol. The van der Waals surface area contributed by atoms with Crippen molar-refractivity contribution in [2.45, 2.75) is 17.9 Å². The lowest BCUT2D eigenvalue weighted by Gasteiger charge is -2.32. The van der Waals surface area contributed by atoms with Crippen LogP contribution in [0.1, 0.15) is 6.92 Å². The first-order valence-corrected chi connectivity index (χ1v) is 7.71. The van der Waals surface area contributed by atoms with Gasteiger partial charge in [0, 0.05) is 12.6 Å². The Labute approximate surface area is 118 Å². The maximum absolute atomic E-state index is 12.5. The Bertz CT molecular complexity index is 561. The van der Waals surface area contributed by atoms with E-state index in [1.54, 1.807) is 6.07 Å². The van der Waals surface area contributed by atoms with Crippen LogP contribution in [0.25, 0.3) is 0 Å². The average molecular weight is 306 g/mol. The minimum Gasteiger partial charge on any atom is -0.495 e. The molecule has 7 heteroatoms. The molecule has 1 aliphatic rings. The third kappa shape index (κ3) is 2.86. The molecule has 0 amide bonds. The first-order chi connectivity index (χ1) is 8.96. The third-order valence-corrected chi connectivity index (χ3v) is 5.34. The van der Waals surface area contributed by atoms with Crippen molar-refractivity contribution in [2.75, 3.05) is 26.9 Å². The molecule has 5 nitrogen and oxygen atoms in total. The van der Waals surface area contributed by atoms with Crippen LogP contribution in [-0.2, 0) is 14.8 Å². The lowest BCUT2D eigenvalue weighted by atomic mass is 10.3. The summed E-state index contributed by atoms with van der Waals surface area (Å²) in [7, 11) is -2.06. The molecule has 1 atom stereocenters. The van der Waals surface area contributed by atoms with Crippen LogP contribution in [0.15, 0.2) is 23.1 Å². The van der Waals surface area contributed by atoms with Gasteiger partial charge in [0.05, 0.1) is 30.2 Å². The molecule has 0 unspecified atom stereocenters. The minimum atomic E-state index is -3.55. The number of hydrogen-bond acceptors (Lipinski definition) is 4. The summed E-state index contributed by atoms with van der Waals surface area (Å²) in [5.41, 5.74) is 0. The van der Waals surface area contributed by atoms with Gasteiger partial charge in [-0.1, -0.05) is 11.6 Å². The van der Waals surface area contributed by atoms with E-state index in [9.17, 15) is 8.42 Å². The first-order valence-electron chi connectivity index (χ1n) is 5.90. The van der Waals surface area contributed by atoms with Crippen molar-refractivity contribution in [3.8, 4) is 5.75 Å². The van der Waals surface area contributed by atoms with Crippen molar-refractivity contribution in [2.24, 2.45) is 0 Å². The maximum Gasteiger partial charge on any atom is 0.243 e. The number of methoxy groups -OCH3 is 1. The van der Waals surface area contributed by atoms with Crippen molar-refractivity contribution in [1.82, 2.24) is 4.31 Å². The number of morpholine rings is 1. The van der Waals surface area contributed by atoms with Gasteiger partial charge >= 0.3 is 0 Å². The van der Waals surface area contributed by atoms with Crippen LogP contribution in [0.4, 0.5) is 0 Å². The Balaban J connectivity index is 2.36. The van der Waals surface area contributed by atoms with E-state index < -0.39 is 10.0 Å². The highest BCUT2D eigenvalue weighted by Gasteiger charge is 2.31. The van der Waals surface area contributed by atoms with E-state index >= 15 is 0 Å². The van der Waals surface area contributed by atoms with Crippen LogP contribution in [-0.4, -0.2) is 45.6 Å². The molecule has 0 bridgehead atoms. The van der Waals surface area contributed by atoms with Crippen LogP contribution in [0.2, 0.25) is 5.02 Å². The number of halogens is 1. The fourth-order valence-electron chi connectivity index (χ4n) is 2.01. The van der Waals surface area contributed by atoms with Gasteiger partial charge in [-0.15, -0.1) is 0 Å². The average Bonchev–Trinajstić information content (AvgIpc) is 2.39. The molecule has 0 saturated carbocycles. The summed E-state index contributed by atoms with van der Waals surface area (Å²) in [4.78, 5) is 0.173. The van der Waals surface area contributed by atoms with Gasteiger partial charge < -0.3 is 9.47 Å². The molecule has 1 heterocycles. The van der Waals surface area contributed by atoms with Crippen LogP contribution in [0.3, 0.4) is 0 Å². The van der Waals surface area contributed by atoms with E-state index in [1.807, 2.05) is 6.92 Å². The molecule has 0 aromatic heterocycles. The monoisotopic (exact) mass is 305 g/mol. The minimum absolute atomic E-state index is 0.173. The smallest absolute Gasteiger partial charge is 0.243 e. The normalized spacial score (nSPS) is 21.3. The number of hydrogen-bond donors (Lipinski definition) is 0. The largest absolute Gasteiger partial charge is 0.495 e. The standard InChI is InChI=1S/C12H16ClNO4S/c1-9-8-18-6-5-14(9)19(15,16)10-3-4-12(17-2)11(13)7-10/h3-4,7,9H,5-6,8H2,1-2H3/t9-/m0/s1. The molecule has 19 heavy (non-hydrogen) atoms. The van der Waals surface area contributed by atoms with Gasteiger partial charge in [-0.05, 0) is 25.1 Å². The summed E-state index contributed by atoms with van der Waals surface area (Å²) in [6.45, 7) is 2.99. The first kappa shape index (κ1) is 14.6. The van der Waals surface area contributed by atoms with Gasteiger partial charge in [-0.25, -0.2) is 8.42 Å². The lowest BCUT2D eigenvalue weighted by Crippen LogP contribution is -2.46. The SMILES string of the molecule is COc1ccc(S(=O)(=O)N2CCOC[C@@H]2C)cc1Cl. The second-order valence-electron chi connectivity index (χ2n) is 4.34. The summed E-state index contributed by atoms with van der Waals surface area (Å²) >= 11 is 5.98. The molecule has 1 aliphatic heterocycles. The summed E-state index contributed by atoms with van der Waals surface area (Å²) in [5, 5.41) is 0.282. The zero-order chi connectivity index (χ0) is 14.0. The highest BCUT2D eigenvalue weighted by Crippen LogP contribution is 2.29. The highest BCUT2D eigenvalue weighted by molar-refractivity contribution is 7.89. The quantitative estimate of drug-likeness (QED) is 0.854. The van der Waals surface area contributed by atoms with Crippen molar-refractivity contribution in [3.63, 3.8) is 0 Å². The number of rotatable bonds is 3. The molecular formula is C12H16ClNO4S. The van der Waals surface area contributed by atoms with Crippen LogP contribution in [0, 0.1) is 0 Å². The van der Waals surface area contributed by atoms with Crippen molar-refractivity contribution in [1.29, 1.82) is 0 Å². The van der Waals surface area contributed by atoms with Gasteiger partial charge in [-0.3, -0.25) is 0 Å². The van der Waals surface area contributed by atoms with E-state index in [2.05, 4.69) is 0 Å². The summed E-state index contributed by atoms with van der Waals surface area (Å²) in [6.07, 6.45) is 0. The zero-order valence-electron chi connectivity index (χ0n) is 10.8. The number of sulfonamides is 1. The second-order valence-corrected chi connectivity index (χ2v) is 6.63. The van der Waals surface area contributed by atoms with E-state index in [1.165, 1.54) is 23.5 Å². The molecule has 1 fully saturated rings. The number of benzene rings is 1. The van der Waals surface area contributed by atoms with Crippen molar-refractivity contribution in [3.05, 3.63) is 23.2 Å². The van der Waals surface area contributed by atoms with Gasteiger partial charge in [-0.2, -0.15) is 4.31 Å². The third-order valence-electron chi connectivity index (χ3n) is 3.04. The predicted octanol–water partition coefficient (Wildman–Crippen LogP) is 1.76. The zero-order valence-corrected chi connectivity index (χ0v) is 12.4. The molecule has 1 aromatic rings. The van der Waals surface area contributed by atoms with E-state index in [4.69, 9.17) is 21.1 Å². The molecule has 1 saturated heterocycles. The Hall–Kier alpha value is -0.820. The fourth-order valence-corrected chi connectivity index (χ4v) is 3.96. The van der Waals surface area contributed by atoms with Crippen LogP contribution in [0.5, 0.6) is 5.75 Å². The topological polar surface area (TPSA) is 55.8 Å². The molecule has 2 rings (SSSR count). The van der Waals surface area contributed by atoms with E-state index in [-0.39, 0.29) is 16.0 Å². The van der Waals surface area contributed by atoms with Crippen molar-refractivity contribution >= 4 is 21.6 Å². The van der Waals surface area contributed by atoms with Gasteiger partial charge in [0.1, 0.15) is 5.75 Å². The summed E-state index contributed by atoms with van der Waals surface area (Å²) in [5.74, 6) is 0.454. The Morgan fingerprint density at radius 2 is 2.21 bits per heavy atom. The van der Waals surface area contributed by atoms with Gasteiger partial charge in [0.15, 0.2) is 0 Å². The Kier molecular flexibility index (Phi) is 4.35. The van der Waals surface area contributed by atoms with E-state index in [0.717, 1.165) is 0 Å². The second kappa shape index (κ2) is 5.66. The summed E-state index contributed by atoms with van der Waals surface area (Å²) < 4.78 is 36.7. The molecule has 0 N–H and O–H groups in total. The van der Waals surface area contributed by atoms with E-state index in [0.29, 0.717) is 25.5 Å². The molecule has 1 aromatic carbocycles. The molecule has 0 radical (unpaired) electrons. The fraction of sp³-hybridized carbons (Fsp3) is 0.500. The molecule has 106 valence electrons. The molecule has 0 aliphatic carbocycles.